The molecule has 1 N–H and O–H groups in total. The fourth-order valence-electron chi connectivity index (χ4n) is 2.86. The van der Waals surface area contributed by atoms with E-state index >= 15 is 0 Å². The van der Waals surface area contributed by atoms with E-state index in [2.05, 4.69) is 19.2 Å². The van der Waals surface area contributed by atoms with Crippen molar-refractivity contribution in [1.29, 1.82) is 0 Å². The Morgan fingerprint density at radius 3 is 2.47 bits per heavy atom. The van der Waals surface area contributed by atoms with Gasteiger partial charge in [-0.3, -0.25) is 0 Å². The lowest BCUT2D eigenvalue weighted by molar-refractivity contribution is 0.207. The van der Waals surface area contributed by atoms with Crippen LogP contribution in [0.4, 0.5) is 0 Å². The van der Waals surface area contributed by atoms with Gasteiger partial charge in [0, 0.05) is 18.6 Å². The second kappa shape index (κ2) is 6.55. The zero-order chi connectivity index (χ0) is 14.7. The molecule has 0 aliphatic carbocycles. The van der Waals surface area contributed by atoms with E-state index in [1.807, 2.05) is 20.8 Å². The predicted molar refractivity (Wildman–Crippen MR) is 80.7 cm³/mol. The average molecular weight is 290 g/mol. The molecule has 1 fully saturated rings. The van der Waals surface area contributed by atoms with Gasteiger partial charge in [0.15, 0.2) is 0 Å². The van der Waals surface area contributed by atoms with Gasteiger partial charge in [0.25, 0.3) is 0 Å². The molecule has 1 rings (SSSR count). The topological polar surface area (TPSA) is 49.4 Å². The van der Waals surface area contributed by atoms with Gasteiger partial charge in [0.2, 0.25) is 10.0 Å². The Kier molecular flexibility index (Phi) is 5.83. The third-order valence-electron chi connectivity index (χ3n) is 3.57. The standard InChI is InChI=1S/C14H30N2O2S/c1-6-15-12(2)13-9-7-8-10-16(13)19(17,18)11-14(3,4)5/h12-13,15H,6-11H2,1-5H3. The molecule has 0 saturated carbocycles. The van der Waals surface area contributed by atoms with Crippen molar-refractivity contribution in [2.24, 2.45) is 5.41 Å². The summed E-state index contributed by atoms with van der Waals surface area (Å²) in [6.45, 7) is 11.7. The van der Waals surface area contributed by atoms with Crippen LogP contribution in [0.15, 0.2) is 0 Å². The van der Waals surface area contributed by atoms with Gasteiger partial charge in [-0.05, 0) is 31.7 Å². The number of sulfonamides is 1. The summed E-state index contributed by atoms with van der Waals surface area (Å²) >= 11 is 0. The second-order valence-electron chi connectivity index (χ2n) is 6.84. The Morgan fingerprint density at radius 1 is 1.32 bits per heavy atom. The molecule has 2 unspecified atom stereocenters. The van der Waals surface area contributed by atoms with Crippen LogP contribution in [0.5, 0.6) is 0 Å². The van der Waals surface area contributed by atoms with Crippen molar-refractivity contribution in [3.63, 3.8) is 0 Å². The highest BCUT2D eigenvalue weighted by Gasteiger charge is 2.36. The van der Waals surface area contributed by atoms with Crippen molar-refractivity contribution >= 4 is 10.0 Å². The van der Waals surface area contributed by atoms with Gasteiger partial charge in [-0.1, -0.05) is 34.1 Å². The van der Waals surface area contributed by atoms with Crippen LogP contribution in [-0.4, -0.2) is 43.6 Å². The van der Waals surface area contributed by atoms with Crippen molar-refractivity contribution in [2.75, 3.05) is 18.8 Å². The van der Waals surface area contributed by atoms with Crippen LogP contribution in [-0.2, 0) is 10.0 Å². The highest BCUT2D eigenvalue weighted by atomic mass is 32.2. The summed E-state index contributed by atoms with van der Waals surface area (Å²) in [5.74, 6) is 0.231. The number of rotatable bonds is 5. The molecule has 19 heavy (non-hydrogen) atoms. The molecule has 1 aliphatic rings. The SMILES string of the molecule is CCNC(C)C1CCCCN1S(=O)(=O)CC(C)(C)C. The quantitative estimate of drug-likeness (QED) is 0.844. The van der Waals surface area contributed by atoms with Gasteiger partial charge in [0.05, 0.1) is 5.75 Å². The molecule has 2 atom stereocenters. The fraction of sp³-hybridized carbons (Fsp3) is 1.00. The van der Waals surface area contributed by atoms with Crippen molar-refractivity contribution in [3.8, 4) is 0 Å². The Bertz CT molecular complexity index is 373. The first-order chi connectivity index (χ1) is 8.67. The maximum absolute atomic E-state index is 12.6. The molecule has 0 aromatic rings. The Labute approximate surface area is 119 Å². The van der Waals surface area contributed by atoms with Crippen LogP contribution in [0.25, 0.3) is 0 Å². The van der Waals surface area contributed by atoms with E-state index in [0.29, 0.717) is 6.54 Å². The third kappa shape index (κ3) is 5.04. The molecule has 0 spiro atoms. The lowest BCUT2D eigenvalue weighted by Gasteiger charge is -2.39. The van der Waals surface area contributed by atoms with Gasteiger partial charge in [-0.2, -0.15) is 4.31 Å². The minimum absolute atomic E-state index is 0.112. The van der Waals surface area contributed by atoms with Gasteiger partial charge in [-0.15, -0.1) is 0 Å². The van der Waals surface area contributed by atoms with Crippen LogP contribution < -0.4 is 5.32 Å². The lowest BCUT2D eigenvalue weighted by Crippen LogP contribution is -2.54. The number of nitrogens with one attached hydrogen (secondary N) is 1. The molecule has 4 nitrogen and oxygen atoms in total. The Hall–Kier alpha value is -0.130. The molecule has 0 radical (unpaired) electrons. The van der Waals surface area contributed by atoms with Crippen molar-refractivity contribution < 1.29 is 8.42 Å². The van der Waals surface area contributed by atoms with Crippen LogP contribution in [0.2, 0.25) is 0 Å². The predicted octanol–water partition coefficient (Wildman–Crippen LogP) is 2.21. The van der Waals surface area contributed by atoms with Crippen LogP contribution in [0.1, 0.15) is 53.9 Å². The van der Waals surface area contributed by atoms with E-state index in [4.69, 9.17) is 0 Å². The Balaban J connectivity index is 2.87. The van der Waals surface area contributed by atoms with Gasteiger partial charge in [-0.25, -0.2) is 8.42 Å². The van der Waals surface area contributed by atoms with Crippen molar-refractivity contribution in [2.45, 2.75) is 66.0 Å². The van der Waals surface area contributed by atoms with Crippen LogP contribution in [0.3, 0.4) is 0 Å². The van der Waals surface area contributed by atoms with Crippen molar-refractivity contribution in [1.82, 2.24) is 9.62 Å². The molecular formula is C14H30N2O2S. The van der Waals surface area contributed by atoms with E-state index in [0.717, 1.165) is 25.8 Å². The number of nitrogens with zero attached hydrogens (tertiary/aromatic N) is 1. The summed E-state index contributed by atoms with van der Waals surface area (Å²) in [5, 5.41) is 3.37. The average Bonchev–Trinajstić information content (AvgIpc) is 2.26. The first-order valence-corrected chi connectivity index (χ1v) is 9.01. The fourth-order valence-corrected chi connectivity index (χ4v) is 5.23. The molecule has 1 heterocycles. The summed E-state index contributed by atoms with van der Waals surface area (Å²) in [6.07, 6.45) is 3.08. The van der Waals surface area contributed by atoms with E-state index < -0.39 is 10.0 Å². The maximum atomic E-state index is 12.6. The molecule has 5 heteroatoms. The largest absolute Gasteiger partial charge is 0.313 e. The zero-order valence-electron chi connectivity index (χ0n) is 13.1. The van der Waals surface area contributed by atoms with E-state index in [1.54, 1.807) is 4.31 Å². The first kappa shape index (κ1) is 16.9. The normalized spacial score (nSPS) is 24.4. The van der Waals surface area contributed by atoms with E-state index in [-0.39, 0.29) is 23.3 Å². The summed E-state index contributed by atoms with van der Waals surface area (Å²) in [4.78, 5) is 0. The van der Waals surface area contributed by atoms with Gasteiger partial charge < -0.3 is 5.32 Å². The summed E-state index contributed by atoms with van der Waals surface area (Å²) in [7, 11) is -3.16. The minimum atomic E-state index is -3.16. The second-order valence-corrected chi connectivity index (χ2v) is 8.76. The summed E-state index contributed by atoms with van der Waals surface area (Å²) in [6, 6.07) is 0.334. The summed E-state index contributed by atoms with van der Waals surface area (Å²) < 4.78 is 27.0. The molecule has 0 aromatic carbocycles. The summed E-state index contributed by atoms with van der Waals surface area (Å²) in [5.41, 5.74) is -0.192. The maximum Gasteiger partial charge on any atom is 0.214 e. The number of hydrogen-bond acceptors (Lipinski definition) is 3. The lowest BCUT2D eigenvalue weighted by atomic mass is 9.99. The first-order valence-electron chi connectivity index (χ1n) is 7.40. The minimum Gasteiger partial charge on any atom is -0.313 e. The van der Waals surface area contributed by atoms with Crippen LogP contribution in [0, 0.1) is 5.41 Å². The zero-order valence-corrected chi connectivity index (χ0v) is 13.9. The highest BCUT2D eigenvalue weighted by molar-refractivity contribution is 7.89. The molecule has 1 aliphatic heterocycles. The smallest absolute Gasteiger partial charge is 0.214 e. The molecule has 0 aromatic heterocycles. The van der Waals surface area contributed by atoms with Gasteiger partial charge in [0.1, 0.15) is 0 Å². The number of likely N-dealkylation sites (N-methyl/N-ethyl adjacent to an activating group) is 1. The van der Waals surface area contributed by atoms with E-state index in [1.165, 1.54) is 0 Å². The molecule has 114 valence electrons. The third-order valence-corrected chi connectivity index (χ3v) is 5.97. The molecule has 0 bridgehead atoms. The monoisotopic (exact) mass is 290 g/mol. The number of piperidine rings is 1. The number of hydrogen-bond donors (Lipinski definition) is 1. The van der Waals surface area contributed by atoms with E-state index in [9.17, 15) is 8.42 Å². The Morgan fingerprint density at radius 2 is 1.95 bits per heavy atom. The molecule has 0 amide bonds. The van der Waals surface area contributed by atoms with Crippen molar-refractivity contribution in [3.05, 3.63) is 0 Å². The highest BCUT2D eigenvalue weighted by Crippen LogP contribution is 2.27. The van der Waals surface area contributed by atoms with Crippen LogP contribution >= 0.6 is 0 Å². The van der Waals surface area contributed by atoms with Gasteiger partial charge >= 0.3 is 0 Å². The molecular weight excluding hydrogens is 260 g/mol. The molecule has 1 saturated heterocycles.